The maximum Gasteiger partial charge on any atom is 0.357 e. The van der Waals surface area contributed by atoms with E-state index in [-0.39, 0.29) is 0 Å². The highest BCUT2D eigenvalue weighted by Crippen LogP contribution is 2.25. The van der Waals surface area contributed by atoms with Gasteiger partial charge in [-0.2, -0.15) is 0 Å². The number of hydrogen-bond donors (Lipinski definition) is 2. The Morgan fingerprint density at radius 2 is 2.18 bits per heavy atom. The van der Waals surface area contributed by atoms with Crippen molar-refractivity contribution in [3.63, 3.8) is 0 Å². The van der Waals surface area contributed by atoms with E-state index in [9.17, 15) is 15.0 Å². The molecule has 3 rings (SSSR count). The average molecular weight is 380 g/mol. The summed E-state index contributed by atoms with van der Waals surface area (Å²) >= 11 is 0. The first-order valence-corrected chi connectivity index (χ1v) is 9.23. The summed E-state index contributed by atoms with van der Waals surface area (Å²) in [4.78, 5) is 18.2. The summed E-state index contributed by atoms with van der Waals surface area (Å²) in [5.74, 6) is 5.31. The van der Waals surface area contributed by atoms with Crippen molar-refractivity contribution in [3.05, 3.63) is 53.2 Å². The highest BCUT2D eigenvalue weighted by atomic mass is 16.5. The molecule has 0 aliphatic carbocycles. The predicted molar refractivity (Wildman–Crippen MR) is 105 cm³/mol. The molecule has 0 bridgehead atoms. The van der Waals surface area contributed by atoms with E-state index in [2.05, 4.69) is 16.8 Å². The lowest BCUT2D eigenvalue weighted by atomic mass is 10.0. The minimum absolute atomic E-state index is 0.291. The first kappa shape index (κ1) is 20.0. The molecular formula is C22H24N2O4. The average Bonchev–Trinajstić information content (AvgIpc) is 2.95. The largest absolute Gasteiger partial charge is 0.461 e. The molecule has 28 heavy (non-hydrogen) atoms. The monoisotopic (exact) mass is 380 g/mol. The molecule has 0 radical (unpaired) electrons. The van der Waals surface area contributed by atoms with Gasteiger partial charge in [0.05, 0.1) is 12.3 Å². The molecule has 2 aromatic rings. The maximum atomic E-state index is 12.1. The van der Waals surface area contributed by atoms with E-state index < -0.39 is 17.8 Å². The lowest BCUT2D eigenvalue weighted by Crippen LogP contribution is -2.42. The Balaban J connectivity index is 1.90. The Hall–Kier alpha value is -2.72. The molecule has 1 fully saturated rings. The normalized spacial score (nSPS) is 21.8. The Morgan fingerprint density at radius 3 is 2.86 bits per heavy atom. The number of ether oxygens (including phenoxy) is 1. The van der Waals surface area contributed by atoms with Crippen molar-refractivity contribution in [1.82, 2.24) is 9.88 Å². The van der Waals surface area contributed by atoms with Crippen LogP contribution in [0.3, 0.4) is 0 Å². The van der Waals surface area contributed by atoms with Gasteiger partial charge in [-0.3, -0.25) is 4.90 Å². The minimum Gasteiger partial charge on any atom is -0.461 e. The standard InChI is InChI=1S/C22H24N2O4/c1-4-28-20(25)19-15(2)8-9-18(23-19)17-7-5-6-16(14-17)10-11-22(27)12-13-24(3)21(22)26/h5-9,14,21,26-27H,4,12-13H2,1-3H3/t21?,22-/m0/s1. The van der Waals surface area contributed by atoms with Gasteiger partial charge in [0.25, 0.3) is 0 Å². The van der Waals surface area contributed by atoms with E-state index in [1.54, 1.807) is 18.9 Å². The smallest absolute Gasteiger partial charge is 0.357 e. The molecule has 0 amide bonds. The zero-order valence-corrected chi connectivity index (χ0v) is 16.3. The Morgan fingerprint density at radius 1 is 1.39 bits per heavy atom. The number of carbonyl (C=O) groups is 1. The molecule has 146 valence electrons. The number of nitrogens with zero attached hydrogens (tertiary/aromatic N) is 2. The number of esters is 1. The zero-order valence-electron chi connectivity index (χ0n) is 16.3. The quantitative estimate of drug-likeness (QED) is 0.626. The first-order valence-electron chi connectivity index (χ1n) is 9.23. The molecule has 6 heteroatoms. The molecule has 1 aromatic carbocycles. The lowest BCUT2D eigenvalue weighted by Gasteiger charge is -2.22. The van der Waals surface area contributed by atoms with Crippen molar-refractivity contribution in [1.29, 1.82) is 0 Å². The second kappa shape index (κ2) is 8.11. The highest BCUT2D eigenvalue weighted by Gasteiger charge is 2.42. The van der Waals surface area contributed by atoms with E-state index in [4.69, 9.17) is 4.74 Å². The number of benzene rings is 1. The maximum absolute atomic E-state index is 12.1. The summed E-state index contributed by atoms with van der Waals surface area (Å²) in [5.41, 5.74) is 1.73. The van der Waals surface area contributed by atoms with Crippen molar-refractivity contribution in [2.45, 2.75) is 32.1 Å². The molecule has 1 aliphatic rings. The summed E-state index contributed by atoms with van der Waals surface area (Å²) in [5, 5.41) is 20.6. The molecule has 1 unspecified atom stereocenters. The number of hydrogen-bond acceptors (Lipinski definition) is 6. The third kappa shape index (κ3) is 4.07. The third-order valence-corrected chi connectivity index (χ3v) is 4.84. The number of aryl methyl sites for hydroxylation is 1. The fourth-order valence-electron chi connectivity index (χ4n) is 3.12. The van der Waals surface area contributed by atoms with Gasteiger partial charge in [-0.25, -0.2) is 9.78 Å². The highest BCUT2D eigenvalue weighted by molar-refractivity contribution is 5.89. The van der Waals surface area contributed by atoms with Crippen LogP contribution < -0.4 is 0 Å². The van der Waals surface area contributed by atoms with Crippen LogP contribution in [0.4, 0.5) is 0 Å². The van der Waals surface area contributed by atoms with Crippen LogP contribution in [0.25, 0.3) is 11.3 Å². The summed E-state index contributed by atoms with van der Waals surface area (Å²) in [7, 11) is 1.75. The van der Waals surface area contributed by atoms with Crippen LogP contribution in [-0.2, 0) is 4.74 Å². The van der Waals surface area contributed by atoms with E-state index in [1.165, 1.54) is 0 Å². The Labute approximate surface area is 164 Å². The SMILES string of the molecule is CCOC(=O)c1nc(-c2cccc(C#C[C@]3(O)CCN(C)C3O)c2)ccc1C. The fraction of sp³-hybridized carbons (Fsp3) is 0.364. The van der Waals surface area contributed by atoms with Crippen LogP contribution in [0.5, 0.6) is 0 Å². The fourth-order valence-corrected chi connectivity index (χ4v) is 3.12. The van der Waals surface area contributed by atoms with E-state index >= 15 is 0 Å². The van der Waals surface area contributed by atoms with Gasteiger partial charge in [-0.05, 0) is 44.7 Å². The summed E-state index contributed by atoms with van der Waals surface area (Å²) in [6.07, 6.45) is -0.617. The van der Waals surface area contributed by atoms with Crippen molar-refractivity contribution in [2.24, 2.45) is 0 Å². The van der Waals surface area contributed by atoms with Gasteiger partial charge in [-0.15, -0.1) is 0 Å². The molecule has 0 saturated carbocycles. The van der Waals surface area contributed by atoms with Crippen molar-refractivity contribution < 1.29 is 19.7 Å². The van der Waals surface area contributed by atoms with Gasteiger partial charge < -0.3 is 14.9 Å². The number of rotatable bonds is 3. The first-order chi connectivity index (χ1) is 13.3. The topological polar surface area (TPSA) is 82.9 Å². The number of pyridine rings is 1. The minimum atomic E-state index is -1.44. The number of aliphatic hydroxyl groups is 2. The Kier molecular flexibility index (Phi) is 5.80. The Bertz CT molecular complexity index is 947. The lowest BCUT2D eigenvalue weighted by molar-refractivity contribution is -0.0633. The van der Waals surface area contributed by atoms with Crippen LogP contribution in [0, 0.1) is 18.8 Å². The molecular weight excluding hydrogens is 356 g/mol. The van der Waals surface area contributed by atoms with Crippen LogP contribution in [0.2, 0.25) is 0 Å². The third-order valence-electron chi connectivity index (χ3n) is 4.84. The van der Waals surface area contributed by atoms with Crippen LogP contribution >= 0.6 is 0 Å². The van der Waals surface area contributed by atoms with Crippen LogP contribution in [-0.4, -0.2) is 58.1 Å². The van der Waals surface area contributed by atoms with E-state index in [1.807, 2.05) is 43.3 Å². The predicted octanol–water partition coefficient (Wildman–Crippen LogP) is 1.97. The number of likely N-dealkylation sites (N-methyl/N-ethyl adjacent to an activating group) is 1. The summed E-state index contributed by atoms with van der Waals surface area (Å²) < 4.78 is 5.07. The van der Waals surface area contributed by atoms with E-state index in [0.29, 0.717) is 36.5 Å². The number of aliphatic hydroxyl groups excluding tert-OH is 1. The molecule has 1 aliphatic heterocycles. The molecule has 2 atom stereocenters. The van der Waals surface area contributed by atoms with Crippen LogP contribution in [0.15, 0.2) is 36.4 Å². The summed E-state index contributed by atoms with van der Waals surface area (Å²) in [6, 6.07) is 11.1. The number of carbonyl (C=O) groups excluding carboxylic acids is 1. The number of likely N-dealkylation sites (tertiary alicyclic amines) is 1. The summed E-state index contributed by atoms with van der Waals surface area (Å²) in [6.45, 7) is 4.44. The molecule has 1 aromatic heterocycles. The van der Waals surface area contributed by atoms with Gasteiger partial charge in [0, 0.05) is 24.1 Å². The molecule has 2 N–H and O–H groups in total. The van der Waals surface area contributed by atoms with Crippen molar-refractivity contribution >= 4 is 5.97 Å². The van der Waals surface area contributed by atoms with Gasteiger partial charge in [0.2, 0.25) is 0 Å². The van der Waals surface area contributed by atoms with Crippen molar-refractivity contribution in [3.8, 4) is 23.1 Å². The van der Waals surface area contributed by atoms with Gasteiger partial charge >= 0.3 is 5.97 Å². The van der Waals surface area contributed by atoms with E-state index in [0.717, 1.165) is 11.1 Å². The van der Waals surface area contributed by atoms with Crippen molar-refractivity contribution in [2.75, 3.05) is 20.2 Å². The van der Waals surface area contributed by atoms with Gasteiger partial charge in [0.15, 0.2) is 11.3 Å². The second-order valence-electron chi connectivity index (χ2n) is 6.94. The van der Waals surface area contributed by atoms with Gasteiger partial charge in [0.1, 0.15) is 6.23 Å². The molecule has 2 heterocycles. The zero-order chi connectivity index (χ0) is 20.3. The van der Waals surface area contributed by atoms with Crippen LogP contribution in [0.1, 0.15) is 35.0 Å². The number of aromatic nitrogens is 1. The molecule has 0 spiro atoms. The van der Waals surface area contributed by atoms with Gasteiger partial charge in [-0.1, -0.05) is 30.0 Å². The second-order valence-corrected chi connectivity index (χ2v) is 6.94. The molecule has 1 saturated heterocycles. The molecule has 6 nitrogen and oxygen atoms in total.